The van der Waals surface area contributed by atoms with Gasteiger partial charge in [0.2, 0.25) is 0 Å². The molecule has 8 atom stereocenters. The topological polar surface area (TPSA) is 43.2 Å². The van der Waals surface area contributed by atoms with E-state index in [9.17, 15) is 0 Å². The Bertz CT molecular complexity index is 1580. The normalized spacial score (nSPS) is 25.6. The minimum absolute atomic E-state index is 0. The van der Waals surface area contributed by atoms with Gasteiger partial charge >= 0.3 is 0 Å². The summed E-state index contributed by atoms with van der Waals surface area (Å²) in [5, 5.41) is 6.07. The summed E-state index contributed by atoms with van der Waals surface area (Å²) >= 11 is 0. The van der Waals surface area contributed by atoms with E-state index in [1.54, 1.807) is 0 Å². The van der Waals surface area contributed by atoms with Crippen LogP contribution >= 0.6 is 15.8 Å². The fraction of sp³-hybridized carbons (Fsp3) is 0.458. The van der Waals surface area contributed by atoms with Crippen molar-refractivity contribution >= 4 is 48.9 Å². The Morgan fingerprint density at radius 2 is 0.818 bits per heavy atom. The molecule has 4 aliphatic rings. The van der Waals surface area contributed by atoms with Crippen molar-refractivity contribution in [1.29, 1.82) is 0 Å². The number of ether oxygens (including phenoxy) is 2. The Labute approximate surface area is 349 Å². The fourth-order valence-corrected chi connectivity index (χ4v) is 16.2. The minimum atomic E-state index is -0.866. The quantitative estimate of drug-likeness (QED) is 0.105. The maximum Gasteiger partial charge on any atom is 0.190 e. The van der Waals surface area contributed by atoms with Gasteiger partial charge in [-0.2, -0.15) is 0 Å². The summed E-state index contributed by atoms with van der Waals surface area (Å²) in [5.74, 6) is 4.33. The van der Waals surface area contributed by atoms with Crippen LogP contribution in [0.4, 0.5) is 0 Å². The number of hydrogen-bond acceptors (Lipinski definition) is 4. The van der Waals surface area contributed by atoms with Crippen LogP contribution in [0.25, 0.3) is 0 Å². The summed E-state index contributed by atoms with van der Waals surface area (Å²) < 4.78 is 12.4. The van der Waals surface area contributed by atoms with Crippen LogP contribution in [-0.4, -0.2) is 48.4 Å². The van der Waals surface area contributed by atoms with E-state index in [2.05, 4.69) is 149 Å². The molecule has 55 heavy (non-hydrogen) atoms. The monoisotopic (exact) mass is 957 g/mol. The van der Waals surface area contributed by atoms with Crippen molar-refractivity contribution in [1.82, 2.24) is 0 Å². The number of nitrogens with zero attached hydrogens (tertiary/aromatic N) is 2. The number of aliphatic imine (C=N–C) groups is 2. The average Bonchev–Trinajstić information content (AvgIpc) is 4.08. The summed E-state index contributed by atoms with van der Waals surface area (Å²) in [6.45, 7) is 10.7. The van der Waals surface area contributed by atoms with Crippen LogP contribution < -0.4 is 21.2 Å². The zero-order chi connectivity index (χ0) is 37.3. The third kappa shape index (κ3) is 10.1. The summed E-state index contributed by atoms with van der Waals surface area (Å²) in [6.07, 6.45) is 9.95. The molecule has 0 saturated heterocycles. The summed E-state index contributed by atoms with van der Waals surface area (Å²) in [7, 11) is -1.73. The Kier molecular flexibility index (Phi) is 15.8. The van der Waals surface area contributed by atoms with E-state index in [1.165, 1.54) is 72.6 Å². The van der Waals surface area contributed by atoms with Crippen molar-refractivity contribution in [3.63, 3.8) is 0 Å². The third-order valence-electron chi connectivity index (χ3n) is 12.7. The van der Waals surface area contributed by atoms with Gasteiger partial charge in [-0.15, -0.1) is 0 Å². The molecular weight excluding hydrogens is 895 g/mol. The van der Waals surface area contributed by atoms with Crippen molar-refractivity contribution in [3.05, 3.63) is 121 Å². The third-order valence-corrected chi connectivity index (χ3v) is 19.4. The molecule has 2 aliphatic carbocycles. The Hall–Kier alpha value is -2.58. The van der Waals surface area contributed by atoms with Gasteiger partial charge in [0, 0.05) is 22.4 Å². The van der Waals surface area contributed by atoms with Gasteiger partial charge in [-0.3, -0.25) is 0 Å². The molecule has 2 saturated carbocycles. The van der Waals surface area contributed by atoms with Gasteiger partial charge in [0.1, 0.15) is 13.2 Å². The number of hydrogen-bond donors (Lipinski definition) is 0. The van der Waals surface area contributed by atoms with Crippen molar-refractivity contribution in [2.75, 3.05) is 13.2 Å². The molecule has 0 aromatic heterocycles. The van der Waals surface area contributed by atoms with E-state index in [4.69, 9.17) is 19.5 Å². The second-order valence-corrected chi connectivity index (χ2v) is 21.5. The van der Waals surface area contributed by atoms with Crippen LogP contribution in [0.15, 0.2) is 131 Å². The first-order valence-electron chi connectivity index (χ1n) is 20.9. The maximum atomic E-state index is 6.19. The van der Waals surface area contributed by atoms with Crippen molar-refractivity contribution in [2.45, 2.75) is 102 Å². The van der Waals surface area contributed by atoms with Gasteiger partial charge in [0.05, 0.1) is 72.3 Å². The van der Waals surface area contributed by atoms with Gasteiger partial charge < -0.3 is 9.47 Å². The largest absolute Gasteiger partial charge is 0.478 e. The fourth-order valence-electron chi connectivity index (χ4n) is 9.21. The molecule has 4 aromatic rings. The van der Waals surface area contributed by atoms with Gasteiger partial charge in [0.15, 0.2) is 11.8 Å². The molecule has 7 heteroatoms. The van der Waals surface area contributed by atoms with E-state index < -0.39 is 15.8 Å². The predicted octanol–water partition coefficient (Wildman–Crippen LogP) is 9.72. The van der Waals surface area contributed by atoms with E-state index in [-0.39, 0.29) is 22.4 Å². The van der Waals surface area contributed by atoms with Crippen molar-refractivity contribution in [3.8, 4) is 0 Å². The first-order valence-corrected chi connectivity index (χ1v) is 24.1. The number of rotatable bonds is 12. The van der Waals surface area contributed by atoms with Gasteiger partial charge in [0.25, 0.3) is 0 Å². The molecule has 2 heterocycles. The molecule has 4 aromatic carbocycles. The molecule has 0 amide bonds. The van der Waals surface area contributed by atoms with Crippen molar-refractivity contribution in [2.24, 2.45) is 33.7 Å². The molecular formula is C48H62AuN2O2P2+2. The molecule has 2 fully saturated rings. The second kappa shape index (κ2) is 20.7. The molecule has 2 aliphatic heterocycles. The van der Waals surface area contributed by atoms with Crippen LogP contribution in [0, 0.1) is 23.7 Å². The molecule has 0 bridgehead atoms. The van der Waals surface area contributed by atoms with Crippen molar-refractivity contribution < 1.29 is 31.9 Å². The molecule has 295 valence electrons. The van der Waals surface area contributed by atoms with Crippen LogP contribution in [0.5, 0.6) is 0 Å². The second-order valence-electron chi connectivity index (χ2n) is 16.0. The standard InChI is InChI=1S/2C24H30NOP.Au/c2*1-3-18(2)22-17-26-24(25-22)21-15-10-16-23(21)27(19-11-6-4-7-12-19)20-13-8-5-9-14-20;/h2*4-9,11-14,18,21-23H,3,10,15-17H2,1-2H3;/p+2/t2*18?,21?,22-,23+;/m10./s1. The van der Waals surface area contributed by atoms with Gasteiger partial charge in [-0.25, -0.2) is 9.98 Å². The van der Waals surface area contributed by atoms with E-state index in [0.717, 1.165) is 25.0 Å². The van der Waals surface area contributed by atoms with Gasteiger partial charge in [-0.05, 0) is 98.9 Å². The van der Waals surface area contributed by atoms with E-state index in [1.807, 2.05) is 0 Å². The minimum Gasteiger partial charge on any atom is -0.478 e. The van der Waals surface area contributed by atoms with E-state index in [0.29, 0.717) is 47.1 Å². The maximum absolute atomic E-state index is 6.19. The van der Waals surface area contributed by atoms with Crippen LogP contribution in [0.2, 0.25) is 0 Å². The molecule has 0 spiro atoms. The van der Waals surface area contributed by atoms with Crippen LogP contribution in [-0.2, 0) is 31.9 Å². The summed E-state index contributed by atoms with van der Waals surface area (Å²) in [5.41, 5.74) is 1.32. The van der Waals surface area contributed by atoms with E-state index >= 15 is 0 Å². The zero-order valence-electron chi connectivity index (χ0n) is 33.2. The average molecular weight is 958 g/mol. The smallest absolute Gasteiger partial charge is 0.190 e. The molecule has 8 rings (SSSR count). The van der Waals surface area contributed by atoms with Crippen LogP contribution in [0.3, 0.4) is 0 Å². The predicted molar refractivity (Wildman–Crippen MR) is 236 cm³/mol. The van der Waals surface area contributed by atoms with Crippen LogP contribution in [0.1, 0.15) is 79.1 Å². The first kappa shape index (κ1) is 42.0. The Morgan fingerprint density at radius 1 is 0.509 bits per heavy atom. The summed E-state index contributed by atoms with van der Waals surface area (Å²) in [6, 6.07) is 45.4. The molecule has 1 radical (unpaired) electrons. The first-order chi connectivity index (χ1) is 26.6. The van der Waals surface area contributed by atoms with Gasteiger partial charge in [-0.1, -0.05) is 113 Å². The molecule has 0 N–H and O–H groups in total. The Morgan fingerprint density at radius 3 is 1.11 bits per heavy atom. The Balaban J connectivity index is 0.000000184. The molecule has 4 nitrogen and oxygen atoms in total. The number of benzene rings is 4. The SMILES string of the molecule is CCC(C)[C@@H]1COC(C2CCC[C@H]2[PH+](c2ccccc2)c2ccccc2)=N1.CCC(C)[C@H]1COC(C2CCC[C@@H]2[PH+](c2ccccc2)c2ccccc2)=N1.[Au]. The zero-order valence-corrected chi connectivity index (χ0v) is 37.4. The molecule has 4 unspecified atom stereocenters. The summed E-state index contributed by atoms with van der Waals surface area (Å²) in [4.78, 5) is 10.1.